The van der Waals surface area contributed by atoms with Gasteiger partial charge in [0.25, 0.3) is 5.91 Å². The number of halogens is 3. The van der Waals surface area contributed by atoms with Gasteiger partial charge >= 0.3 is 5.97 Å². The Hall–Kier alpha value is -3.34. The van der Waals surface area contributed by atoms with Crippen LogP contribution in [0.4, 0.5) is 13.2 Å². The summed E-state index contributed by atoms with van der Waals surface area (Å²) in [4.78, 5) is 24.1. The Labute approximate surface area is 147 Å². The molecule has 0 aliphatic rings. The summed E-state index contributed by atoms with van der Waals surface area (Å²) in [5.74, 6) is -6.09. The normalized spacial score (nSPS) is 11.3. The van der Waals surface area contributed by atoms with E-state index in [0.717, 1.165) is 7.11 Å². The van der Waals surface area contributed by atoms with Gasteiger partial charge in [0.1, 0.15) is 29.1 Å². The monoisotopic (exact) mass is 362 g/mol. The van der Waals surface area contributed by atoms with E-state index in [-0.39, 0.29) is 12.0 Å². The van der Waals surface area contributed by atoms with Gasteiger partial charge in [-0.25, -0.2) is 18.0 Å². The van der Waals surface area contributed by atoms with E-state index in [2.05, 4.69) is 10.1 Å². The molecule has 134 valence electrons. The molecule has 0 fully saturated rings. The maximum absolute atomic E-state index is 13.7. The maximum atomic E-state index is 13.7. The lowest BCUT2D eigenvalue weighted by Crippen LogP contribution is -2.43. The first-order chi connectivity index (χ1) is 12.4. The van der Waals surface area contributed by atoms with Gasteiger partial charge in [0.05, 0.1) is 18.7 Å². The third-order valence-corrected chi connectivity index (χ3v) is 3.59. The Morgan fingerprint density at radius 3 is 2.38 bits per heavy atom. The highest BCUT2D eigenvalue weighted by molar-refractivity contribution is 5.97. The van der Waals surface area contributed by atoms with Gasteiger partial charge in [-0.2, -0.15) is 5.26 Å². The van der Waals surface area contributed by atoms with Crippen LogP contribution in [0.15, 0.2) is 36.4 Å². The van der Waals surface area contributed by atoms with Gasteiger partial charge in [-0.3, -0.25) is 4.79 Å². The van der Waals surface area contributed by atoms with Gasteiger partial charge in [0.15, 0.2) is 0 Å². The molecule has 0 bridgehead atoms. The van der Waals surface area contributed by atoms with Crippen LogP contribution < -0.4 is 5.32 Å². The minimum atomic E-state index is -1.40. The summed E-state index contributed by atoms with van der Waals surface area (Å²) in [6.07, 6.45) is -0.132. The van der Waals surface area contributed by atoms with E-state index in [1.165, 1.54) is 6.07 Å². The number of rotatable bonds is 5. The Morgan fingerprint density at radius 2 is 1.81 bits per heavy atom. The first kappa shape index (κ1) is 19.0. The molecule has 0 aliphatic heterocycles. The number of esters is 1. The number of hydrogen-bond acceptors (Lipinski definition) is 4. The Kier molecular flexibility index (Phi) is 5.96. The number of nitrogens with zero attached hydrogens (tertiary/aromatic N) is 1. The van der Waals surface area contributed by atoms with Crippen LogP contribution in [0.2, 0.25) is 0 Å². The van der Waals surface area contributed by atoms with Crippen molar-refractivity contribution < 1.29 is 27.5 Å². The van der Waals surface area contributed by atoms with Crippen LogP contribution in [0.25, 0.3) is 0 Å². The highest BCUT2D eigenvalue weighted by atomic mass is 19.1. The maximum Gasteiger partial charge on any atom is 0.328 e. The number of carbonyl (C=O) groups is 2. The summed E-state index contributed by atoms with van der Waals surface area (Å²) in [5.41, 5.74) is -0.311. The van der Waals surface area contributed by atoms with Gasteiger partial charge in [-0.1, -0.05) is 18.2 Å². The summed E-state index contributed by atoms with van der Waals surface area (Å²) in [5, 5.41) is 11.3. The molecule has 8 heteroatoms. The lowest BCUT2D eigenvalue weighted by atomic mass is 10.0. The van der Waals surface area contributed by atoms with E-state index in [0.29, 0.717) is 17.7 Å². The van der Waals surface area contributed by atoms with Crippen molar-refractivity contribution in [1.82, 2.24) is 5.32 Å². The van der Waals surface area contributed by atoms with Crippen molar-refractivity contribution in [2.24, 2.45) is 0 Å². The van der Waals surface area contributed by atoms with Crippen LogP contribution >= 0.6 is 0 Å². The second-order valence-electron chi connectivity index (χ2n) is 5.27. The molecule has 0 heterocycles. The minimum Gasteiger partial charge on any atom is -0.467 e. The number of nitrogens with one attached hydrogen (secondary N) is 1. The van der Waals surface area contributed by atoms with Crippen molar-refractivity contribution in [1.29, 1.82) is 5.26 Å². The summed E-state index contributed by atoms with van der Waals surface area (Å²) >= 11 is 0. The molecule has 5 nitrogen and oxygen atoms in total. The summed E-state index contributed by atoms with van der Waals surface area (Å²) < 4.78 is 45.0. The quantitative estimate of drug-likeness (QED) is 0.829. The van der Waals surface area contributed by atoms with Crippen molar-refractivity contribution in [3.63, 3.8) is 0 Å². The van der Waals surface area contributed by atoms with Gasteiger partial charge in [0, 0.05) is 18.6 Å². The number of ether oxygens (including phenoxy) is 1. The van der Waals surface area contributed by atoms with Gasteiger partial charge in [0.2, 0.25) is 0 Å². The number of benzene rings is 2. The summed E-state index contributed by atoms with van der Waals surface area (Å²) in [7, 11) is 1.08. The molecule has 2 aromatic carbocycles. The topological polar surface area (TPSA) is 79.2 Å². The molecule has 1 atom stereocenters. The molecule has 0 saturated heterocycles. The van der Waals surface area contributed by atoms with E-state index in [4.69, 9.17) is 5.26 Å². The molecule has 1 N–H and O–H groups in total. The number of nitriles is 1. The highest BCUT2D eigenvalue weighted by Gasteiger charge is 2.27. The fourth-order valence-electron chi connectivity index (χ4n) is 2.35. The summed E-state index contributed by atoms with van der Waals surface area (Å²) in [6, 6.07) is 7.70. The molecule has 26 heavy (non-hydrogen) atoms. The smallest absolute Gasteiger partial charge is 0.328 e. The van der Waals surface area contributed by atoms with Crippen LogP contribution in [-0.4, -0.2) is 25.0 Å². The molecule has 2 rings (SSSR count). The van der Waals surface area contributed by atoms with E-state index in [9.17, 15) is 22.8 Å². The zero-order valence-corrected chi connectivity index (χ0v) is 13.6. The van der Waals surface area contributed by atoms with Crippen molar-refractivity contribution in [2.75, 3.05) is 7.11 Å². The predicted octanol–water partition coefficient (Wildman–Crippen LogP) is 2.49. The van der Waals surface area contributed by atoms with E-state index in [1.54, 1.807) is 18.2 Å². The molecule has 0 radical (unpaired) electrons. The van der Waals surface area contributed by atoms with Crippen molar-refractivity contribution in [3.05, 3.63) is 70.5 Å². The Bertz CT molecular complexity index is 870. The van der Waals surface area contributed by atoms with Gasteiger partial charge in [-0.05, 0) is 11.6 Å². The van der Waals surface area contributed by atoms with Crippen LogP contribution in [-0.2, 0) is 16.0 Å². The van der Waals surface area contributed by atoms with E-state index in [1.807, 2.05) is 6.07 Å². The lowest BCUT2D eigenvalue weighted by Gasteiger charge is -2.17. The van der Waals surface area contributed by atoms with Crippen LogP contribution in [0.5, 0.6) is 0 Å². The third kappa shape index (κ3) is 4.19. The zero-order chi connectivity index (χ0) is 19.3. The van der Waals surface area contributed by atoms with E-state index >= 15 is 0 Å². The predicted molar refractivity (Wildman–Crippen MR) is 84.4 cm³/mol. The minimum absolute atomic E-state index is 0.132. The van der Waals surface area contributed by atoms with Gasteiger partial charge in [-0.15, -0.1) is 0 Å². The molecule has 1 amide bonds. The van der Waals surface area contributed by atoms with Crippen molar-refractivity contribution >= 4 is 11.9 Å². The molecule has 0 aromatic heterocycles. The number of methoxy groups -OCH3 is 1. The molecule has 0 spiro atoms. The fraction of sp³-hybridized carbons (Fsp3) is 0.167. The average molecular weight is 362 g/mol. The first-order valence-corrected chi connectivity index (χ1v) is 7.38. The number of hydrogen-bond donors (Lipinski definition) is 1. The second-order valence-corrected chi connectivity index (χ2v) is 5.27. The molecule has 2 aromatic rings. The highest BCUT2D eigenvalue weighted by Crippen LogP contribution is 2.16. The van der Waals surface area contributed by atoms with Gasteiger partial charge < -0.3 is 10.1 Å². The number of amides is 1. The van der Waals surface area contributed by atoms with E-state index < -0.39 is 40.9 Å². The largest absolute Gasteiger partial charge is 0.467 e. The Morgan fingerprint density at radius 1 is 1.19 bits per heavy atom. The second kappa shape index (κ2) is 8.16. The SMILES string of the molecule is COC(=O)[C@@H](Cc1ccccc1C#N)NC(=O)c1c(F)cc(F)cc1F. The average Bonchev–Trinajstić information content (AvgIpc) is 2.60. The molecular weight excluding hydrogens is 349 g/mol. The van der Waals surface area contributed by atoms with Crippen molar-refractivity contribution in [3.8, 4) is 6.07 Å². The van der Waals surface area contributed by atoms with Crippen LogP contribution in [0.1, 0.15) is 21.5 Å². The third-order valence-electron chi connectivity index (χ3n) is 3.59. The Balaban J connectivity index is 2.30. The molecular formula is C18H13F3N2O3. The lowest BCUT2D eigenvalue weighted by molar-refractivity contribution is -0.142. The summed E-state index contributed by atoms with van der Waals surface area (Å²) in [6.45, 7) is 0. The molecule has 0 saturated carbocycles. The molecule has 0 unspecified atom stereocenters. The van der Waals surface area contributed by atoms with Crippen molar-refractivity contribution in [2.45, 2.75) is 12.5 Å². The molecule has 0 aliphatic carbocycles. The first-order valence-electron chi connectivity index (χ1n) is 7.38. The van der Waals surface area contributed by atoms with Crippen LogP contribution in [0, 0.1) is 28.8 Å². The number of carbonyl (C=O) groups excluding carboxylic acids is 2. The fourth-order valence-corrected chi connectivity index (χ4v) is 2.35. The van der Waals surface area contributed by atoms with Crippen LogP contribution in [0.3, 0.4) is 0 Å². The standard InChI is InChI=1S/C18H13F3N2O3/c1-26-18(25)15(6-10-4-2-3-5-11(10)9-22)23-17(24)16-13(20)7-12(19)8-14(16)21/h2-5,7-8,15H,6H2,1H3,(H,23,24)/t15-/m1/s1. The zero-order valence-electron chi connectivity index (χ0n) is 13.6.